The number of ether oxygens (including phenoxy) is 2. The summed E-state index contributed by atoms with van der Waals surface area (Å²) >= 11 is 0. The summed E-state index contributed by atoms with van der Waals surface area (Å²) in [5, 5.41) is 0. The molecule has 286 valence electrons. The van der Waals surface area contributed by atoms with Crippen LogP contribution in [0.3, 0.4) is 0 Å². The molecule has 0 aromatic rings. The van der Waals surface area contributed by atoms with Gasteiger partial charge in [0.25, 0.3) is 0 Å². The Balaban J connectivity index is 3.21. The van der Waals surface area contributed by atoms with E-state index in [1.54, 1.807) is 0 Å². The van der Waals surface area contributed by atoms with Gasteiger partial charge in [0.05, 0.1) is 13.2 Å². The predicted octanol–water partition coefficient (Wildman–Crippen LogP) is 14.9. The molecule has 0 atom stereocenters. The number of rotatable bonds is 41. The van der Waals surface area contributed by atoms with E-state index in [-0.39, 0.29) is 11.9 Å². The molecule has 0 aromatic carbocycles. The fourth-order valence-electron chi connectivity index (χ4n) is 6.71. The summed E-state index contributed by atoms with van der Waals surface area (Å²) in [6.45, 7) is 5.78. The van der Waals surface area contributed by atoms with Crippen molar-refractivity contribution in [3.05, 3.63) is 0 Å². The third-order valence-corrected chi connectivity index (χ3v) is 10.0. The van der Waals surface area contributed by atoms with Gasteiger partial charge in [-0.05, 0) is 25.7 Å². The van der Waals surface area contributed by atoms with Gasteiger partial charge in [0.1, 0.15) is 0 Å². The summed E-state index contributed by atoms with van der Waals surface area (Å²) in [5.41, 5.74) is 0. The molecule has 4 heteroatoms. The second-order valence-corrected chi connectivity index (χ2v) is 15.0. The Morgan fingerprint density at radius 3 is 0.688 bits per heavy atom. The van der Waals surface area contributed by atoms with Crippen molar-refractivity contribution in [2.45, 2.75) is 258 Å². The molecule has 0 aliphatic rings. The van der Waals surface area contributed by atoms with Crippen LogP contribution in [0.4, 0.5) is 0 Å². The smallest absolute Gasteiger partial charge is 0.305 e. The van der Waals surface area contributed by atoms with Crippen LogP contribution in [0.25, 0.3) is 0 Å². The lowest BCUT2D eigenvalue weighted by Crippen LogP contribution is -2.05. The highest BCUT2D eigenvalue weighted by Gasteiger charge is 2.04. The van der Waals surface area contributed by atoms with Crippen molar-refractivity contribution in [3.8, 4) is 0 Å². The molecule has 0 bridgehead atoms. The van der Waals surface area contributed by atoms with E-state index in [9.17, 15) is 9.59 Å². The largest absolute Gasteiger partial charge is 0.466 e. The fourth-order valence-corrected chi connectivity index (χ4v) is 6.71. The number of carbonyl (C=O) groups is 2. The summed E-state index contributed by atoms with van der Waals surface area (Å²) in [4.78, 5) is 23.9. The van der Waals surface area contributed by atoms with Crippen LogP contribution in [0.5, 0.6) is 0 Å². The van der Waals surface area contributed by atoms with Crippen LogP contribution >= 0.6 is 0 Å². The minimum Gasteiger partial charge on any atom is -0.466 e. The Kier molecular flexibility index (Phi) is 41.2. The van der Waals surface area contributed by atoms with Gasteiger partial charge in [-0.1, -0.05) is 219 Å². The van der Waals surface area contributed by atoms with Gasteiger partial charge in [0.2, 0.25) is 0 Å². The molecule has 4 nitrogen and oxygen atoms in total. The molecule has 0 aliphatic carbocycles. The molecule has 0 N–H and O–H groups in total. The van der Waals surface area contributed by atoms with Gasteiger partial charge in [-0.25, -0.2) is 0 Å². The Bertz CT molecular complexity index is 579. The SMILES string of the molecule is CCCCCCCCCCCCCCOC(=O)CCCCCCCCCCCCCCC(=O)OCCCCCCCCCCCCCC. The predicted molar refractivity (Wildman–Crippen MR) is 209 cm³/mol. The van der Waals surface area contributed by atoms with Crippen molar-refractivity contribution in [1.29, 1.82) is 0 Å². The number of carbonyl (C=O) groups excluding carboxylic acids is 2. The van der Waals surface area contributed by atoms with E-state index in [4.69, 9.17) is 9.47 Å². The Labute approximate surface area is 301 Å². The minimum absolute atomic E-state index is 0.00442. The molecule has 0 aromatic heterocycles. The lowest BCUT2D eigenvalue weighted by Gasteiger charge is -2.06. The topological polar surface area (TPSA) is 52.6 Å². The van der Waals surface area contributed by atoms with Crippen molar-refractivity contribution in [1.82, 2.24) is 0 Å². The molecule has 0 amide bonds. The normalized spacial score (nSPS) is 11.3. The molecule has 0 saturated heterocycles. The second-order valence-electron chi connectivity index (χ2n) is 15.0. The summed E-state index contributed by atoms with van der Waals surface area (Å²) < 4.78 is 10.9. The monoisotopic (exact) mass is 679 g/mol. The molecule has 48 heavy (non-hydrogen) atoms. The number of esters is 2. The van der Waals surface area contributed by atoms with E-state index in [2.05, 4.69) is 13.8 Å². The van der Waals surface area contributed by atoms with Gasteiger partial charge in [0.15, 0.2) is 0 Å². The maximum Gasteiger partial charge on any atom is 0.305 e. The van der Waals surface area contributed by atoms with E-state index in [1.807, 2.05) is 0 Å². The first-order valence-electron chi connectivity index (χ1n) is 22.0. The minimum atomic E-state index is 0.00442. The van der Waals surface area contributed by atoms with E-state index in [1.165, 1.54) is 193 Å². The maximum absolute atomic E-state index is 12.0. The van der Waals surface area contributed by atoms with E-state index >= 15 is 0 Å². The standard InChI is InChI=1S/C44H86O4/c1-3-5-7-9-11-13-15-21-25-29-33-37-41-47-43(45)39-35-31-27-23-19-17-18-20-24-28-32-36-40-44(46)48-42-38-34-30-26-22-16-14-12-10-8-6-4-2/h3-42H2,1-2H3. The molecule has 0 fully saturated rings. The third-order valence-electron chi connectivity index (χ3n) is 10.0. The average Bonchev–Trinajstić information content (AvgIpc) is 3.09. The highest BCUT2D eigenvalue weighted by Crippen LogP contribution is 2.15. The van der Waals surface area contributed by atoms with E-state index < -0.39 is 0 Å². The highest BCUT2D eigenvalue weighted by atomic mass is 16.5. The van der Waals surface area contributed by atoms with Crippen LogP contribution in [-0.4, -0.2) is 25.2 Å². The summed E-state index contributed by atoms with van der Waals surface area (Å²) in [7, 11) is 0. The molecular formula is C44H86O4. The molecule has 0 spiro atoms. The van der Waals surface area contributed by atoms with Gasteiger partial charge in [0, 0.05) is 12.8 Å². The van der Waals surface area contributed by atoms with Gasteiger partial charge in [-0.2, -0.15) is 0 Å². The van der Waals surface area contributed by atoms with Crippen molar-refractivity contribution < 1.29 is 19.1 Å². The Morgan fingerprint density at radius 1 is 0.271 bits per heavy atom. The molecule has 0 aliphatic heterocycles. The molecule has 0 rings (SSSR count). The lowest BCUT2D eigenvalue weighted by molar-refractivity contribution is -0.144. The van der Waals surface area contributed by atoms with Crippen molar-refractivity contribution in [2.24, 2.45) is 0 Å². The van der Waals surface area contributed by atoms with Gasteiger partial charge >= 0.3 is 11.9 Å². The summed E-state index contributed by atoms with van der Waals surface area (Å²) in [6, 6.07) is 0. The zero-order valence-corrected chi connectivity index (χ0v) is 32.9. The zero-order valence-electron chi connectivity index (χ0n) is 32.9. The Morgan fingerprint density at radius 2 is 0.458 bits per heavy atom. The first-order chi connectivity index (χ1) is 23.7. The third kappa shape index (κ3) is 41.1. The number of unbranched alkanes of at least 4 members (excludes halogenated alkanes) is 33. The average molecular weight is 679 g/mol. The summed E-state index contributed by atoms with van der Waals surface area (Å²) in [6.07, 6.45) is 47.7. The second kappa shape index (κ2) is 42.1. The number of hydrogen-bond donors (Lipinski definition) is 0. The van der Waals surface area contributed by atoms with Crippen molar-refractivity contribution >= 4 is 11.9 Å². The number of hydrogen-bond acceptors (Lipinski definition) is 4. The van der Waals surface area contributed by atoms with Gasteiger partial charge in [-0.3, -0.25) is 9.59 Å². The van der Waals surface area contributed by atoms with Crippen molar-refractivity contribution in [3.63, 3.8) is 0 Å². The maximum atomic E-state index is 12.0. The molecule has 0 saturated carbocycles. The van der Waals surface area contributed by atoms with E-state index in [0.717, 1.165) is 38.5 Å². The van der Waals surface area contributed by atoms with Crippen LogP contribution in [0.1, 0.15) is 258 Å². The molecule has 0 unspecified atom stereocenters. The van der Waals surface area contributed by atoms with Crippen LogP contribution in [0.2, 0.25) is 0 Å². The molecule has 0 radical (unpaired) electrons. The fraction of sp³-hybridized carbons (Fsp3) is 0.955. The van der Waals surface area contributed by atoms with E-state index in [0.29, 0.717) is 26.1 Å². The quantitative estimate of drug-likeness (QED) is 0.0477. The summed E-state index contributed by atoms with van der Waals surface area (Å²) in [5.74, 6) is 0.00885. The van der Waals surface area contributed by atoms with Crippen LogP contribution < -0.4 is 0 Å². The van der Waals surface area contributed by atoms with Crippen LogP contribution in [-0.2, 0) is 19.1 Å². The zero-order chi connectivity index (χ0) is 34.9. The first-order valence-corrected chi connectivity index (χ1v) is 22.0. The van der Waals surface area contributed by atoms with Gasteiger partial charge in [-0.15, -0.1) is 0 Å². The van der Waals surface area contributed by atoms with Crippen LogP contribution in [0.15, 0.2) is 0 Å². The van der Waals surface area contributed by atoms with Gasteiger partial charge < -0.3 is 9.47 Å². The lowest BCUT2D eigenvalue weighted by atomic mass is 10.0. The van der Waals surface area contributed by atoms with Crippen LogP contribution in [0, 0.1) is 0 Å². The molecule has 0 heterocycles. The first kappa shape index (κ1) is 46.9. The molecular weight excluding hydrogens is 592 g/mol. The Hall–Kier alpha value is -1.06. The highest BCUT2D eigenvalue weighted by molar-refractivity contribution is 5.69. The van der Waals surface area contributed by atoms with Crippen molar-refractivity contribution in [2.75, 3.05) is 13.2 Å².